The van der Waals surface area contributed by atoms with E-state index in [1.54, 1.807) is 9.58 Å². The molecule has 0 aliphatic carbocycles. The lowest BCUT2D eigenvalue weighted by Gasteiger charge is -2.28. The minimum Gasteiger partial charge on any atom is -0.340 e. The number of nitro groups is 1. The van der Waals surface area contributed by atoms with E-state index in [1.807, 2.05) is 30.3 Å². The Morgan fingerprint density at radius 3 is 2.58 bits per heavy atom. The number of anilines is 1. The van der Waals surface area contributed by atoms with Crippen LogP contribution in [0.3, 0.4) is 0 Å². The van der Waals surface area contributed by atoms with Gasteiger partial charge in [-0.15, -0.1) is 5.10 Å². The maximum atomic E-state index is 13.2. The van der Waals surface area contributed by atoms with Crippen LogP contribution < -0.4 is 10.5 Å². The Hall–Kier alpha value is -3.87. The van der Waals surface area contributed by atoms with E-state index < -0.39 is 33.3 Å². The molecule has 2 aromatic carbocycles. The van der Waals surface area contributed by atoms with Crippen molar-refractivity contribution in [3.8, 4) is 11.3 Å². The van der Waals surface area contributed by atoms with Crippen LogP contribution in [0.4, 0.5) is 24.0 Å². The molecule has 0 atom stereocenters. The van der Waals surface area contributed by atoms with Crippen molar-refractivity contribution in [3.63, 3.8) is 0 Å². The summed E-state index contributed by atoms with van der Waals surface area (Å²) in [4.78, 5) is 28.9. The summed E-state index contributed by atoms with van der Waals surface area (Å²) in [5.41, 5.74) is -0.700. The predicted molar refractivity (Wildman–Crippen MR) is 114 cm³/mol. The number of hydrogen-bond donors (Lipinski definition) is 0. The van der Waals surface area contributed by atoms with Gasteiger partial charge in [-0.25, -0.2) is 4.68 Å². The van der Waals surface area contributed by atoms with E-state index in [0.29, 0.717) is 30.9 Å². The Morgan fingerprint density at radius 1 is 1.12 bits per heavy atom. The second kappa shape index (κ2) is 7.62. The van der Waals surface area contributed by atoms with Crippen LogP contribution in [0.2, 0.25) is 0 Å². The van der Waals surface area contributed by atoms with Gasteiger partial charge < -0.3 is 4.90 Å². The normalized spacial score (nSPS) is 13.8. The van der Waals surface area contributed by atoms with E-state index in [1.165, 1.54) is 0 Å². The molecule has 3 heterocycles. The molecule has 2 aromatic heterocycles. The first-order chi connectivity index (χ1) is 15.7. The maximum Gasteiger partial charge on any atom is 0.416 e. The molecule has 1 aliphatic heterocycles. The van der Waals surface area contributed by atoms with Crippen LogP contribution in [-0.2, 0) is 19.3 Å². The summed E-state index contributed by atoms with van der Waals surface area (Å²) < 4.78 is 41.1. The number of fused-ring (bicyclic) bond motifs is 2. The van der Waals surface area contributed by atoms with Gasteiger partial charge in [0.1, 0.15) is 10.4 Å². The number of halogens is 3. The summed E-state index contributed by atoms with van der Waals surface area (Å²) in [5, 5.41) is 19.7. The van der Waals surface area contributed by atoms with Crippen LogP contribution in [0.1, 0.15) is 11.3 Å². The molecular formula is C20H13F3N6O3S. The van der Waals surface area contributed by atoms with Crippen molar-refractivity contribution in [1.29, 1.82) is 0 Å². The number of nitrogens with zero attached hydrogens (tertiary/aromatic N) is 6. The number of nitro benzene ring substituents is 1. The van der Waals surface area contributed by atoms with Crippen LogP contribution in [0.25, 0.3) is 21.3 Å². The lowest BCUT2D eigenvalue weighted by atomic mass is 10.1. The molecule has 0 unspecified atom stereocenters. The third-order valence-corrected chi connectivity index (χ3v) is 6.46. The monoisotopic (exact) mass is 474 g/mol. The Morgan fingerprint density at radius 2 is 1.88 bits per heavy atom. The van der Waals surface area contributed by atoms with Gasteiger partial charge in [0.25, 0.3) is 11.2 Å². The van der Waals surface area contributed by atoms with Gasteiger partial charge in [-0.1, -0.05) is 46.9 Å². The average molecular weight is 474 g/mol. The van der Waals surface area contributed by atoms with Crippen LogP contribution in [0.5, 0.6) is 0 Å². The number of rotatable bonds is 3. The van der Waals surface area contributed by atoms with Crippen molar-refractivity contribution < 1.29 is 18.1 Å². The average Bonchev–Trinajstić information content (AvgIpc) is 3.21. The van der Waals surface area contributed by atoms with Crippen molar-refractivity contribution >= 4 is 32.2 Å². The molecule has 1 aliphatic rings. The largest absolute Gasteiger partial charge is 0.416 e. The third kappa shape index (κ3) is 3.69. The third-order valence-electron chi connectivity index (χ3n) is 5.29. The molecule has 0 bridgehead atoms. The second-order valence-corrected chi connectivity index (χ2v) is 8.30. The summed E-state index contributed by atoms with van der Waals surface area (Å²) in [6, 6.07) is 10.4. The molecule has 0 amide bonds. The minimum absolute atomic E-state index is 0.150. The fourth-order valence-corrected chi connectivity index (χ4v) is 4.79. The quantitative estimate of drug-likeness (QED) is 0.328. The topological polar surface area (TPSA) is 107 Å². The number of aromatic nitrogens is 4. The first-order valence-electron chi connectivity index (χ1n) is 9.65. The highest BCUT2D eigenvalue weighted by Crippen LogP contribution is 2.39. The zero-order valence-electron chi connectivity index (χ0n) is 16.6. The van der Waals surface area contributed by atoms with E-state index in [-0.39, 0.29) is 16.4 Å². The Bertz CT molecular complexity index is 1450. The Labute approximate surface area is 186 Å². The summed E-state index contributed by atoms with van der Waals surface area (Å²) in [5.74, 6) is 0. The Kier molecular flexibility index (Phi) is 4.85. The molecule has 0 radical (unpaired) electrons. The molecule has 0 spiro atoms. The van der Waals surface area contributed by atoms with Gasteiger partial charge in [0.15, 0.2) is 5.13 Å². The minimum atomic E-state index is -4.83. The number of alkyl halides is 3. The van der Waals surface area contributed by atoms with Crippen LogP contribution >= 0.6 is 11.3 Å². The van der Waals surface area contributed by atoms with E-state index in [2.05, 4.69) is 15.3 Å². The van der Waals surface area contributed by atoms with Gasteiger partial charge >= 0.3 is 6.18 Å². The lowest BCUT2D eigenvalue weighted by Crippen LogP contribution is -2.35. The van der Waals surface area contributed by atoms with Crippen LogP contribution in [0, 0.1) is 10.1 Å². The number of hydrogen-bond acceptors (Lipinski definition) is 8. The van der Waals surface area contributed by atoms with Gasteiger partial charge in [-0.3, -0.25) is 14.9 Å². The zero-order chi connectivity index (χ0) is 23.3. The van der Waals surface area contributed by atoms with Gasteiger partial charge in [-0.05, 0) is 6.07 Å². The van der Waals surface area contributed by atoms with Crippen molar-refractivity contribution in [3.05, 3.63) is 74.2 Å². The fraction of sp³-hybridized carbons (Fsp3) is 0.200. The SMILES string of the molecule is O=c1nc(N2CCn3nnc(-c4ccccc4)c3C2)sc2c([N+](=O)[O-])cc(C(F)(F)F)cc12. The molecule has 0 saturated heterocycles. The second-order valence-electron chi connectivity index (χ2n) is 7.32. The molecule has 5 rings (SSSR count). The van der Waals surface area contributed by atoms with E-state index >= 15 is 0 Å². The number of benzene rings is 2. The zero-order valence-corrected chi connectivity index (χ0v) is 17.4. The van der Waals surface area contributed by atoms with Crippen LogP contribution in [0.15, 0.2) is 47.3 Å². The van der Waals surface area contributed by atoms with Crippen molar-refractivity contribution in [2.45, 2.75) is 19.3 Å². The van der Waals surface area contributed by atoms with Gasteiger partial charge in [0, 0.05) is 18.2 Å². The highest BCUT2D eigenvalue weighted by atomic mass is 32.1. The van der Waals surface area contributed by atoms with E-state index in [9.17, 15) is 28.1 Å². The smallest absolute Gasteiger partial charge is 0.340 e. The van der Waals surface area contributed by atoms with Gasteiger partial charge in [-0.2, -0.15) is 18.2 Å². The van der Waals surface area contributed by atoms with E-state index in [0.717, 1.165) is 22.6 Å². The highest BCUT2D eigenvalue weighted by Gasteiger charge is 2.34. The molecule has 0 saturated carbocycles. The highest BCUT2D eigenvalue weighted by molar-refractivity contribution is 7.22. The molecular weight excluding hydrogens is 461 g/mol. The standard InChI is InChI=1S/C20H13F3N6O3S/c21-20(22,23)12-8-13-17(14(9-12)29(31)32)33-19(24-18(13)30)27-6-7-28-15(10-27)16(25-26-28)11-4-2-1-3-5-11/h1-5,8-9H,6-7,10H2. The molecule has 0 N–H and O–H groups in total. The predicted octanol–water partition coefficient (Wildman–Crippen LogP) is 3.86. The van der Waals surface area contributed by atoms with Crippen molar-refractivity contribution in [2.24, 2.45) is 0 Å². The lowest BCUT2D eigenvalue weighted by molar-refractivity contribution is -0.383. The molecule has 9 nitrogen and oxygen atoms in total. The fourth-order valence-electron chi connectivity index (χ4n) is 3.70. The van der Waals surface area contributed by atoms with Crippen LogP contribution in [-0.4, -0.2) is 31.4 Å². The molecule has 13 heteroatoms. The maximum absolute atomic E-state index is 13.2. The molecule has 4 aromatic rings. The summed E-state index contributed by atoms with van der Waals surface area (Å²) in [6.07, 6.45) is -4.83. The molecule has 33 heavy (non-hydrogen) atoms. The summed E-state index contributed by atoms with van der Waals surface area (Å²) in [7, 11) is 0. The first-order valence-corrected chi connectivity index (χ1v) is 10.5. The summed E-state index contributed by atoms with van der Waals surface area (Å²) in [6.45, 7) is 1.11. The van der Waals surface area contributed by atoms with Gasteiger partial charge in [0.2, 0.25) is 0 Å². The first kappa shape index (κ1) is 21.0. The van der Waals surface area contributed by atoms with Gasteiger partial charge in [0.05, 0.1) is 34.7 Å². The number of non-ortho nitro benzene ring substituents is 1. The molecule has 168 valence electrons. The molecule has 0 fully saturated rings. The van der Waals surface area contributed by atoms with Crippen molar-refractivity contribution in [2.75, 3.05) is 11.4 Å². The Balaban J connectivity index is 1.60. The van der Waals surface area contributed by atoms with E-state index in [4.69, 9.17) is 0 Å². The van der Waals surface area contributed by atoms with Crippen molar-refractivity contribution in [1.82, 2.24) is 20.0 Å². The summed E-state index contributed by atoms with van der Waals surface area (Å²) >= 11 is 0.817.